The summed E-state index contributed by atoms with van der Waals surface area (Å²) in [6.45, 7) is 4.43. The second-order valence-corrected chi connectivity index (χ2v) is 5.26. The van der Waals surface area contributed by atoms with Crippen LogP contribution in [0.3, 0.4) is 0 Å². The first-order valence-corrected chi connectivity index (χ1v) is 7.81. The second-order valence-electron chi connectivity index (χ2n) is 5.26. The van der Waals surface area contributed by atoms with Crippen molar-refractivity contribution in [1.29, 1.82) is 0 Å². The van der Waals surface area contributed by atoms with Crippen LogP contribution in [0, 0.1) is 6.92 Å². The third-order valence-corrected chi connectivity index (χ3v) is 3.65. The Bertz CT molecular complexity index is 700. The first kappa shape index (κ1) is 17.7. The molecule has 0 saturated heterocycles. The summed E-state index contributed by atoms with van der Waals surface area (Å²) in [5.41, 5.74) is 1.97. The van der Waals surface area contributed by atoms with E-state index in [2.05, 4.69) is 0 Å². The van der Waals surface area contributed by atoms with Crippen LogP contribution in [0.15, 0.2) is 42.5 Å². The van der Waals surface area contributed by atoms with E-state index in [9.17, 15) is 4.79 Å². The molecule has 0 aliphatic heterocycles. The Morgan fingerprint density at radius 2 is 1.75 bits per heavy atom. The second kappa shape index (κ2) is 8.24. The van der Waals surface area contributed by atoms with Gasteiger partial charge in [0, 0.05) is 12.2 Å². The number of rotatable bonds is 7. The van der Waals surface area contributed by atoms with Gasteiger partial charge in [0.2, 0.25) is 5.75 Å². The number of para-hydroxylation sites is 1. The number of hydrogen-bond donors (Lipinski definition) is 0. The summed E-state index contributed by atoms with van der Waals surface area (Å²) >= 11 is 0. The number of hydrogen-bond acceptors (Lipinski definition) is 4. The van der Waals surface area contributed by atoms with Crippen LogP contribution in [0.2, 0.25) is 0 Å². The SMILES string of the molecule is CCN(C(=O)COc1cccc(OC)c1OC)c1cccc(C)c1. The molecule has 0 aromatic heterocycles. The number of amides is 1. The van der Waals surface area contributed by atoms with Crippen molar-refractivity contribution in [2.24, 2.45) is 0 Å². The van der Waals surface area contributed by atoms with Crippen LogP contribution in [0.25, 0.3) is 0 Å². The Kier molecular flexibility index (Phi) is 6.07. The molecular formula is C19H23NO4. The van der Waals surface area contributed by atoms with Crippen LogP contribution in [-0.4, -0.2) is 33.3 Å². The highest BCUT2D eigenvalue weighted by Gasteiger charge is 2.17. The van der Waals surface area contributed by atoms with E-state index in [4.69, 9.17) is 14.2 Å². The van der Waals surface area contributed by atoms with E-state index in [0.29, 0.717) is 23.8 Å². The molecule has 0 heterocycles. The number of benzene rings is 2. The van der Waals surface area contributed by atoms with E-state index in [1.165, 1.54) is 7.11 Å². The molecule has 2 aromatic rings. The highest BCUT2D eigenvalue weighted by molar-refractivity contribution is 5.94. The molecule has 0 spiro atoms. The fraction of sp³-hybridized carbons (Fsp3) is 0.316. The molecule has 0 aliphatic rings. The minimum atomic E-state index is -0.118. The van der Waals surface area contributed by atoms with E-state index < -0.39 is 0 Å². The molecule has 128 valence electrons. The lowest BCUT2D eigenvalue weighted by Gasteiger charge is -2.22. The maximum absolute atomic E-state index is 12.5. The highest BCUT2D eigenvalue weighted by atomic mass is 16.5. The summed E-state index contributed by atoms with van der Waals surface area (Å²) in [5.74, 6) is 1.40. The van der Waals surface area contributed by atoms with E-state index in [0.717, 1.165) is 11.3 Å². The van der Waals surface area contributed by atoms with E-state index >= 15 is 0 Å². The maximum Gasteiger partial charge on any atom is 0.264 e. The Hall–Kier alpha value is -2.69. The first-order valence-electron chi connectivity index (χ1n) is 7.81. The molecule has 0 N–H and O–H groups in total. The lowest BCUT2D eigenvalue weighted by molar-refractivity contribution is -0.120. The van der Waals surface area contributed by atoms with Gasteiger partial charge in [0.25, 0.3) is 5.91 Å². The van der Waals surface area contributed by atoms with Crippen molar-refractivity contribution in [1.82, 2.24) is 0 Å². The van der Waals surface area contributed by atoms with Crippen LogP contribution >= 0.6 is 0 Å². The van der Waals surface area contributed by atoms with Crippen molar-refractivity contribution in [3.05, 3.63) is 48.0 Å². The predicted octanol–water partition coefficient (Wildman–Crippen LogP) is 3.44. The van der Waals surface area contributed by atoms with Gasteiger partial charge in [-0.05, 0) is 43.7 Å². The van der Waals surface area contributed by atoms with Gasteiger partial charge in [0.1, 0.15) is 0 Å². The molecule has 0 radical (unpaired) electrons. The standard InChI is InChI=1S/C19H23NO4/c1-5-20(15-9-6-8-14(2)12-15)18(21)13-24-17-11-7-10-16(22-3)19(17)23-4/h6-12H,5,13H2,1-4H3. The fourth-order valence-electron chi connectivity index (χ4n) is 2.49. The van der Waals surface area contributed by atoms with E-state index in [1.54, 1.807) is 30.2 Å². The number of ether oxygens (including phenoxy) is 3. The molecule has 2 aromatic carbocycles. The smallest absolute Gasteiger partial charge is 0.264 e. The number of aryl methyl sites for hydroxylation is 1. The summed E-state index contributed by atoms with van der Waals surface area (Å²) in [5, 5.41) is 0. The zero-order chi connectivity index (χ0) is 17.5. The van der Waals surface area contributed by atoms with Crippen LogP contribution in [0.1, 0.15) is 12.5 Å². The first-order chi connectivity index (χ1) is 11.6. The molecule has 0 saturated carbocycles. The number of likely N-dealkylation sites (N-methyl/N-ethyl adjacent to an activating group) is 1. The largest absolute Gasteiger partial charge is 0.493 e. The summed E-state index contributed by atoms with van der Waals surface area (Å²) < 4.78 is 16.2. The van der Waals surface area contributed by atoms with Gasteiger partial charge < -0.3 is 19.1 Å². The molecule has 24 heavy (non-hydrogen) atoms. The number of nitrogens with zero attached hydrogens (tertiary/aromatic N) is 1. The lowest BCUT2D eigenvalue weighted by atomic mass is 10.2. The normalized spacial score (nSPS) is 10.2. The van der Waals surface area contributed by atoms with Crippen molar-refractivity contribution in [2.75, 3.05) is 32.3 Å². The Morgan fingerprint density at radius 3 is 2.38 bits per heavy atom. The average Bonchev–Trinajstić information content (AvgIpc) is 2.60. The van der Waals surface area contributed by atoms with Crippen molar-refractivity contribution < 1.29 is 19.0 Å². The maximum atomic E-state index is 12.5. The number of methoxy groups -OCH3 is 2. The molecular weight excluding hydrogens is 306 g/mol. The molecule has 2 rings (SSSR count). The van der Waals surface area contributed by atoms with Gasteiger partial charge in [-0.2, -0.15) is 0 Å². The van der Waals surface area contributed by atoms with Crippen molar-refractivity contribution in [3.63, 3.8) is 0 Å². The topological polar surface area (TPSA) is 48.0 Å². The highest BCUT2D eigenvalue weighted by Crippen LogP contribution is 2.36. The van der Waals surface area contributed by atoms with Crippen molar-refractivity contribution >= 4 is 11.6 Å². The van der Waals surface area contributed by atoms with Gasteiger partial charge in [-0.15, -0.1) is 0 Å². The van der Waals surface area contributed by atoms with Crippen molar-refractivity contribution in [2.45, 2.75) is 13.8 Å². The molecule has 1 amide bonds. The minimum absolute atomic E-state index is 0.0781. The van der Waals surface area contributed by atoms with Crippen molar-refractivity contribution in [3.8, 4) is 17.2 Å². The number of anilines is 1. The third-order valence-electron chi connectivity index (χ3n) is 3.65. The fourth-order valence-corrected chi connectivity index (χ4v) is 2.49. The Labute approximate surface area is 142 Å². The summed E-state index contributed by atoms with van der Waals surface area (Å²) in [6, 6.07) is 13.1. The average molecular weight is 329 g/mol. The zero-order valence-corrected chi connectivity index (χ0v) is 14.5. The minimum Gasteiger partial charge on any atom is -0.493 e. The van der Waals surface area contributed by atoms with Crippen LogP contribution in [0.4, 0.5) is 5.69 Å². The monoisotopic (exact) mass is 329 g/mol. The van der Waals surface area contributed by atoms with Gasteiger partial charge in [-0.25, -0.2) is 0 Å². The van der Waals surface area contributed by atoms with Gasteiger partial charge in [0.15, 0.2) is 18.1 Å². The molecule has 0 atom stereocenters. The van der Waals surface area contributed by atoms with E-state index in [-0.39, 0.29) is 12.5 Å². The molecule has 0 aliphatic carbocycles. The predicted molar refractivity (Wildman–Crippen MR) is 94.2 cm³/mol. The summed E-state index contributed by atoms with van der Waals surface area (Å²) in [6.07, 6.45) is 0. The van der Waals surface area contributed by atoms with Gasteiger partial charge in [-0.1, -0.05) is 18.2 Å². The quantitative estimate of drug-likeness (QED) is 0.781. The zero-order valence-electron chi connectivity index (χ0n) is 14.5. The molecule has 0 unspecified atom stereocenters. The molecule has 5 heteroatoms. The van der Waals surface area contributed by atoms with Gasteiger partial charge >= 0.3 is 0 Å². The third kappa shape index (κ3) is 3.98. The summed E-state index contributed by atoms with van der Waals surface area (Å²) in [4.78, 5) is 14.2. The molecule has 0 fully saturated rings. The molecule has 0 bridgehead atoms. The number of carbonyl (C=O) groups is 1. The van der Waals surface area contributed by atoms with Crippen LogP contribution in [-0.2, 0) is 4.79 Å². The summed E-state index contributed by atoms with van der Waals surface area (Å²) in [7, 11) is 3.10. The van der Waals surface area contributed by atoms with Crippen LogP contribution < -0.4 is 19.1 Å². The Morgan fingerprint density at radius 1 is 1.04 bits per heavy atom. The number of carbonyl (C=O) groups excluding carboxylic acids is 1. The van der Waals surface area contributed by atoms with Gasteiger partial charge in [-0.3, -0.25) is 4.79 Å². The van der Waals surface area contributed by atoms with E-state index in [1.807, 2.05) is 38.1 Å². The van der Waals surface area contributed by atoms with Gasteiger partial charge in [0.05, 0.1) is 14.2 Å². The molecule has 5 nitrogen and oxygen atoms in total. The Balaban J connectivity index is 2.12. The lowest BCUT2D eigenvalue weighted by Crippen LogP contribution is -2.34. The van der Waals surface area contributed by atoms with Crippen LogP contribution in [0.5, 0.6) is 17.2 Å².